The van der Waals surface area contributed by atoms with Crippen LogP contribution in [0.1, 0.15) is 29.4 Å². The first-order valence-electron chi connectivity index (χ1n) is 6.72. The highest BCUT2D eigenvalue weighted by molar-refractivity contribution is 6.20. The average Bonchev–Trinajstić information content (AvgIpc) is 2.81. The lowest BCUT2D eigenvalue weighted by molar-refractivity contribution is -0.136. The van der Waals surface area contributed by atoms with Gasteiger partial charge in [0.25, 0.3) is 0 Å². The second-order valence-electron chi connectivity index (χ2n) is 4.68. The summed E-state index contributed by atoms with van der Waals surface area (Å²) in [6.07, 6.45) is 3.45. The van der Waals surface area contributed by atoms with Crippen molar-refractivity contribution in [1.29, 1.82) is 0 Å². The summed E-state index contributed by atoms with van der Waals surface area (Å²) in [5.41, 5.74) is 2.74. The molecular weight excluding hydrogens is 254 g/mol. The molecule has 2 heterocycles. The van der Waals surface area contributed by atoms with Gasteiger partial charge in [-0.3, -0.25) is 4.79 Å². The maximum atomic E-state index is 12.1. The molecule has 0 spiro atoms. The molecule has 0 bridgehead atoms. The van der Waals surface area contributed by atoms with Gasteiger partial charge in [-0.1, -0.05) is 24.3 Å². The standard InChI is InChI=1S/C16H15NO3/c1-2-20-16(19)12-7-5-9-17-14-8-4-3-6-11(14)13(10-18)15(12)17/h3-4,6-8,10H,2,5,9H2,1H3. The minimum absolute atomic E-state index is 0.326. The van der Waals surface area contributed by atoms with Crippen LogP contribution < -0.4 is 0 Å². The Morgan fingerprint density at radius 3 is 2.95 bits per heavy atom. The smallest absolute Gasteiger partial charge is 0.339 e. The SMILES string of the molecule is CCOC(=O)C1=CCCn2c1c(C=O)c1ccccc12. The van der Waals surface area contributed by atoms with Gasteiger partial charge in [-0.15, -0.1) is 0 Å². The molecular formula is C16H15NO3. The number of aryl methyl sites for hydroxylation is 1. The fourth-order valence-electron chi connectivity index (χ4n) is 2.80. The Morgan fingerprint density at radius 2 is 2.20 bits per heavy atom. The second-order valence-corrected chi connectivity index (χ2v) is 4.68. The predicted molar refractivity (Wildman–Crippen MR) is 76.6 cm³/mol. The third-order valence-corrected chi connectivity index (χ3v) is 3.58. The molecule has 4 heteroatoms. The van der Waals surface area contributed by atoms with Crippen molar-refractivity contribution in [1.82, 2.24) is 4.57 Å². The van der Waals surface area contributed by atoms with Crippen molar-refractivity contribution in [3.05, 3.63) is 41.6 Å². The summed E-state index contributed by atoms with van der Waals surface area (Å²) in [5.74, 6) is -0.362. The van der Waals surface area contributed by atoms with E-state index in [0.717, 1.165) is 30.2 Å². The summed E-state index contributed by atoms with van der Waals surface area (Å²) < 4.78 is 7.13. The van der Waals surface area contributed by atoms with E-state index < -0.39 is 0 Å². The van der Waals surface area contributed by atoms with Crippen molar-refractivity contribution in [2.24, 2.45) is 0 Å². The molecule has 0 amide bonds. The minimum Gasteiger partial charge on any atom is -0.462 e. The van der Waals surface area contributed by atoms with E-state index in [0.29, 0.717) is 23.4 Å². The zero-order chi connectivity index (χ0) is 14.1. The van der Waals surface area contributed by atoms with Crippen LogP contribution >= 0.6 is 0 Å². The number of aromatic nitrogens is 1. The van der Waals surface area contributed by atoms with Crippen LogP contribution in [-0.2, 0) is 16.1 Å². The molecule has 3 rings (SSSR count). The number of benzene rings is 1. The van der Waals surface area contributed by atoms with Gasteiger partial charge < -0.3 is 9.30 Å². The highest BCUT2D eigenvalue weighted by atomic mass is 16.5. The molecule has 0 atom stereocenters. The van der Waals surface area contributed by atoms with Crippen LogP contribution in [0.4, 0.5) is 0 Å². The van der Waals surface area contributed by atoms with Gasteiger partial charge in [0.1, 0.15) is 0 Å². The normalized spacial score (nSPS) is 13.8. The number of para-hydroxylation sites is 1. The number of allylic oxidation sites excluding steroid dienone is 1. The zero-order valence-corrected chi connectivity index (χ0v) is 11.3. The molecule has 0 unspecified atom stereocenters. The van der Waals surface area contributed by atoms with Gasteiger partial charge in [-0.05, 0) is 19.4 Å². The Morgan fingerprint density at radius 1 is 1.40 bits per heavy atom. The molecule has 0 fully saturated rings. The van der Waals surface area contributed by atoms with Crippen LogP contribution in [0, 0.1) is 0 Å². The first kappa shape index (κ1) is 12.7. The number of carbonyl (C=O) groups is 2. The second kappa shape index (κ2) is 4.96. The molecule has 0 N–H and O–H groups in total. The Hall–Kier alpha value is -2.36. The monoisotopic (exact) mass is 269 g/mol. The number of carbonyl (C=O) groups excluding carboxylic acids is 2. The number of rotatable bonds is 3. The Kier molecular flexibility index (Phi) is 3.14. The lowest BCUT2D eigenvalue weighted by Gasteiger charge is -2.17. The van der Waals surface area contributed by atoms with E-state index in [4.69, 9.17) is 4.74 Å². The van der Waals surface area contributed by atoms with Crippen LogP contribution in [0.5, 0.6) is 0 Å². The number of hydrogen-bond acceptors (Lipinski definition) is 3. The summed E-state index contributed by atoms with van der Waals surface area (Å²) in [5, 5.41) is 0.884. The largest absolute Gasteiger partial charge is 0.462 e. The quantitative estimate of drug-likeness (QED) is 0.636. The van der Waals surface area contributed by atoms with E-state index in [2.05, 4.69) is 0 Å². The van der Waals surface area contributed by atoms with Crippen molar-refractivity contribution in [3.8, 4) is 0 Å². The summed E-state index contributed by atoms with van der Waals surface area (Å²) in [6.45, 7) is 2.87. The lowest BCUT2D eigenvalue weighted by Crippen LogP contribution is -2.16. The van der Waals surface area contributed by atoms with Crippen LogP contribution in [0.3, 0.4) is 0 Å². The average molecular weight is 269 g/mol. The van der Waals surface area contributed by atoms with Crippen molar-refractivity contribution in [3.63, 3.8) is 0 Å². The Labute approximate surface area is 116 Å². The maximum Gasteiger partial charge on any atom is 0.339 e. The highest BCUT2D eigenvalue weighted by Gasteiger charge is 2.26. The molecule has 1 aliphatic heterocycles. The van der Waals surface area contributed by atoms with Crippen molar-refractivity contribution >= 4 is 28.7 Å². The molecule has 1 aromatic carbocycles. The van der Waals surface area contributed by atoms with Gasteiger partial charge in [0.15, 0.2) is 6.29 Å². The van der Waals surface area contributed by atoms with E-state index in [-0.39, 0.29) is 5.97 Å². The number of ether oxygens (including phenoxy) is 1. The van der Waals surface area contributed by atoms with Crippen molar-refractivity contribution < 1.29 is 14.3 Å². The number of esters is 1. The predicted octanol–water partition coefficient (Wildman–Crippen LogP) is 2.80. The molecule has 0 saturated heterocycles. The van der Waals surface area contributed by atoms with Gasteiger partial charge in [0.2, 0.25) is 0 Å². The van der Waals surface area contributed by atoms with Gasteiger partial charge in [0, 0.05) is 23.0 Å². The van der Waals surface area contributed by atoms with E-state index in [1.807, 2.05) is 34.9 Å². The van der Waals surface area contributed by atoms with E-state index in [1.165, 1.54) is 0 Å². The third-order valence-electron chi connectivity index (χ3n) is 3.58. The summed E-state index contributed by atoms with van der Waals surface area (Å²) in [7, 11) is 0. The number of hydrogen-bond donors (Lipinski definition) is 0. The van der Waals surface area contributed by atoms with Crippen LogP contribution in [0.15, 0.2) is 30.3 Å². The molecule has 1 aliphatic rings. The molecule has 0 aliphatic carbocycles. The van der Waals surface area contributed by atoms with Gasteiger partial charge in [-0.2, -0.15) is 0 Å². The molecule has 2 aromatic rings. The third kappa shape index (κ3) is 1.76. The molecule has 102 valence electrons. The van der Waals surface area contributed by atoms with Crippen LogP contribution in [-0.4, -0.2) is 23.4 Å². The fourth-order valence-corrected chi connectivity index (χ4v) is 2.80. The van der Waals surface area contributed by atoms with Crippen LogP contribution in [0.25, 0.3) is 16.5 Å². The Balaban J connectivity index is 2.27. The maximum absolute atomic E-state index is 12.1. The van der Waals surface area contributed by atoms with Gasteiger partial charge in [0.05, 0.1) is 17.9 Å². The number of fused-ring (bicyclic) bond motifs is 3. The summed E-state index contributed by atoms with van der Waals surface area (Å²) >= 11 is 0. The van der Waals surface area contributed by atoms with E-state index >= 15 is 0 Å². The minimum atomic E-state index is -0.362. The first-order chi connectivity index (χ1) is 9.77. The highest BCUT2D eigenvalue weighted by Crippen LogP contribution is 2.33. The molecule has 0 saturated carbocycles. The summed E-state index contributed by atoms with van der Waals surface area (Å²) in [4.78, 5) is 23.6. The van der Waals surface area contributed by atoms with Gasteiger partial charge in [-0.25, -0.2) is 4.79 Å². The lowest BCUT2D eigenvalue weighted by atomic mass is 10.0. The van der Waals surface area contributed by atoms with Crippen LogP contribution in [0.2, 0.25) is 0 Å². The van der Waals surface area contributed by atoms with E-state index in [9.17, 15) is 9.59 Å². The van der Waals surface area contributed by atoms with Crippen molar-refractivity contribution in [2.45, 2.75) is 19.9 Å². The molecule has 4 nitrogen and oxygen atoms in total. The number of nitrogens with zero attached hydrogens (tertiary/aromatic N) is 1. The number of aldehydes is 1. The summed E-state index contributed by atoms with van der Waals surface area (Å²) in [6, 6.07) is 7.72. The fraction of sp³-hybridized carbons (Fsp3) is 0.250. The topological polar surface area (TPSA) is 48.3 Å². The first-order valence-corrected chi connectivity index (χ1v) is 6.72. The van der Waals surface area contributed by atoms with Gasteiger partial charge >= 0.3 is 5.97 Å². The molecule has 20 heavy (non-hydrogen) atoms. The zero-order valence-electron chi connectivity index (χ0n) is 11.3. The molecule has 0 radical (unpaired) electrons. The molecule has 1 aromatic heterocycles. The van der Waals surface area contributed by atoms with E-state index in [1.54, 1.807) is 6.92 Å². The Bertz CT molecular complexity index is 725. The van der Waals surface area contributed by atoms with Crippen molar-refractivity contribution in [2.75, 3.05) is 6.61 Å².